The second-order valence-corrected chi connectivity index (χ2v) is 17.0. The van der Waals surface area contributed by atoms with E-state index in [1.54, 1.807) is 0 Å². The van der Waals surface area contributed by atoms with E-state index >= 15 is 0 Å². The lowest BCUT2D eigenvalue weighted by atomic mass is 9.89. The molecule has 0 spiro atoms. The van der Waals surface area contributed by atoms with Crippen LogP contribution in [0.15, 0.2) is 241 Å². The van der Waals surface area contributed by atoms with Crippen molar-refractivity contribution in [2.24, 2.45) is 0 Å². The Morgan fingerprint density at radius 3 is 1.48 bits per heavy atom. The van der Waals surface area contributed by atoms with Gasteiger partial charge in [0, 0.05) is 54.7 Å². The molecule has 0 aliphatic heterocycles. The summed E-state index contributed by atoms with van der Waals surface area (Å²) in [6.07, 6.45) is 0. The molecule has 0 bridgehead atoms. The molecular formula is C63H39N3O. The Morgan fingerprint density at radius 2 is 0.776 bits per heavy atom. The minimum Gasteiger partial charge on any atom is -0.456 e. The summed E-state index contributed by atoms with van der Waals surface area (Å²) in [7, 11) is 0. The maximum atomic E-state index is 6.63. The number of hydrogen-bond donors (Lipinski definition) is 0. The summed E-state index contributed by atoms with van der Waals surface area (Å²) in [5.41, 5.74) is 16.3. The maximum absolute atomic E-state index is 6.63. The molecule has 4 heteroatoms. The van der Waals surface area contributed by atoms with Crippen LogP contribution in [0.5, 0.6) is 0 Å². The molecule has 0 N–H and O–H groups in total. The van der Waals surface area contributed by atoms with Crippen molar-refractivity contribution in [3.63, 3.8) is 0 Å². The first-order valence-electron chi connectivity index (χ1n) is 22.7. The second-order valence-electron chi connectivity index (χ2n) is 17.0. The zero-order valence-corrected chi connectivity index (χ0v) is 36.3. The number of benzene rings is 10. The predicted molar refractivity (Wildman–Crippen MR) is 278 cm³/mol. The number of rotatable bonds is 7. The molecule has 3 aromatic heterocycles. The highest BCUT2D eigenvalue weighted by Gasteiger charge is 2.22. The van der Waals surface area contributed by atoms with Gasteiger partial charge in [0.15, 0.2) is 5.82 Å². The van der Waals surface area contributed by atoms with Gasteiger partial charge in [0.2, 0.25) is 0 Å². The number of furan rings is 1. The molecule has 0 saturated heterocycles. The van der Waals surface area contributed by atoms with Crippen molar-refractivity contribution in [3.8, 4) is 78.5 Å². The summed E-state index contributed by atoms with van der Waals surface area (Å²) in [5.74, 6) is 0.685. The van der Waals surface area contributed by atoms with E-state index in [2.05, 4.69) is 218 Å². The van der Waals surface area contributed by atoms with Crippen molar-refractivity contribution < 1.29 is 4.42 Å². The van der Waals surface area contributed by atoms with Crippen LogP contribution in [0.2, 0.25) is 0 Å². The summed E-state index contributed by atoms with van der Waals surface area (Å²) in [5, 5.41) is 7.77. The first-order chi connectivity index (χ1) is 33.2. The monoisotopic (exact) mass is 853 g/mol. The fourth-order valence-electron chi connectivity index (χ4n) is 9.92. The van der Waals surface area contributed by atoms with Gasteiger partial charge in [-0.05, 0) is 68.9 Å². The molecule has 0 saturated carbocycles. The SMILES string of the molecule is c1ccc(-c2ccc(-c3cc(-c4ccccc4)nc(-c4ccc(-c5ccc(-c6nc7ccccc7c7c(-c8ccccc8)c8c(cc67)oc6ccccc68)cc5)c5ccccc45)n3)cc2)cc1. The van der Waals surface area contributed by atoms with Gasteiger partial charge in [-0.15, -0.1) is 0 Å². The predicted octanol–water partition coefficient (Wildman–Crippen LogP) is 16.9. The van der Waals surface area contributed by atoms with Crippen LogP contribution in [0.1, 0.15) is 0 Å². The van der Waals surface area contributed by atoms with E-state index in [-0.39, 0.29) is 0 Å². The summed E-state index contributed by atoms with van der Waals surface area (Å²) in [6, 6.07) is 83.2. The average molecular weight is 854 g/mol. The Morgan fingerprint density at radius 1 is 0.284 bits per heavy atom. The molecule has 3 heterocycles. The summed E-state index contributed by atoms with van der Waals surface area (Å²) in [6.45, 7) is 0. The summed E-state index contributed by atoms with van der Waals surface area (Å²) >= 11 is 0. The van der Waals surface area contributed by atoms with Crippen molar-refractivity contribution in [2.45, 2.75) is 0 Å². The van der Waals surface area contributed by atoms with E-state index in [1.807, 2.05) is 18.2 Å². The smallest absolute Gasteiger partial charge is 0.161 e. The number of pyridine rings is 1. The number of fused-ring (bicyclic) bond motifs is 7. The number of hydrogen-bond acceptors (Lipinski definition) is 4. The minimum atomic E-state index is 0.685. The lowest BCUT2D eigenvalue weighted by Gasteiger charge is -2.16. The van der Waals surface area contributed by atoms with Crippen LogP contribution in [-0.4, -0.2) is 15.0 Å². The van der Waals surface area contributed by atoms with E-state index in [0.717, 1.165) is 111 Å². The Bertz CT molecular complexity index is 3990. The zero-order valence-electron chi connectivity index (χ0n) is 36.3. The van der Waals surface area contributed by atoms with Gasteiger partial charge in [0.25, 0.3) is 0 Å². The molecule has 4 nitrogen and oxygen atoms in total. The highest BCUT2D eigenvalue weighted by molar-refractivity contribution is 6.27. The Balaban J connectivity index is 0.939. The van der Waals surface area contributed by atoms with Gasteiger partial charge in [-0.3, -0.25) is 0 Å². The molecule has 67 heavy (non-hydrogen) atoms. The summed E-state index contributed by atoms with van der Waals surface area (Å²) in [4.78, 5) is 15.9. The molecule has 0 unspecified atom stereocenters. The third kappa shape index (κ3) is 6.65. The largest absolute Gasteiger partial charge is 0.456 e. The standard InChI is InChI=1S/C63H39N3O/c1-4-16-40(17-5-1)41-28-32-44(33-29-41)56-39-55(43-18-6-2-7-19-43)65-63(66-56)50-37-36-47(48-22-10-11-23-49(48)50)42-30-34-46(35-31-42)62-53-38-58-61(52-25-13-15-27-57(52)67-58)59(45-20-8-3-9-21-45)60(53)51-24-12-14-26-54(51)64-62/h1-39H. The number of aromatic nitrogens is 3. The van der Waals surface area contributed by atoms with Crippen molar-refractivity contribution >= 4 is 54.4 Å². The first kappa shape index (κ1) is 38.5. The fourth-order valence-corrected chi connectivity index (χ4v) is 9.92. The highest BCUT2D eigenvalue weighted by Crippen LogP contribution is 2.46. The van der Waals surface area contributed by atoms with Crippen LogP contribution in [0.3, 0.4) is 0 Å². The molecule has 13 aromatic rings. The Labute approximate surface area is 387 Å². The van der Waals surface area contributed by atoms with E-state index in [1.165, 1.54) is 16.5 Å². The molecule has 0 aliphatic rings. The van der Waals surface area contributed by atoms with E-state index in [9.17, 15) is 0 Å². The third-order valence-electron chi connectivity index (χ3n) is 13.1. The minimum absolute atomic E-state index is 0.685. The maximum Gasteiger partial charge on any atom is 0.161 e. The molecule has 13 rings (SSSR count). The molecular weight excluding hydrogens is 815 g/mol. The van der Waals surface area contributed by atoms with Crippen LogP contribution in [0, 0.1) is 0 Å². The van der Waals surface area contributed by atoms with Gasteiger partial charge in [0.05, 0.1) is 22.6 Å². The van der Waals surface area contributed by atoms with E-state index < -0.39 is 0 Å². The molecule has 0 atom stereocenters. The van der Waals surface area contributed by atoms with Crippen LogP contribution < -0.4 is 0 Å². The molecule has 0 amide bonds. The van der Waals surface area contributed by atoms with E-state index in [0.29, 0.717) is 5.82 Å². The van der Waals surface area contributed by atoms with Gasteiger partial charge in [0.1, 0.15) is 11.2 Å². The zero-order chi connectivity index (χ0) is 44.3. The number of nitrogens with zero attached hydrogens (tertiary/aromatic N) is 3. The van der Waals surface area contributed by atoms with Crippen LogP contribution in [0.4, 0.5) is 0 Å². The van der Waals surface area contributed by atoms with Crippen molar-refractivity contribution in [1.82, 2.24) is 15.0 Å². The lowest BCUT2D eigenvalue weighted by molar-refractivity contribution is 0.669. The molecule has 312 valence electrons. The van der Waals surface area contributed by atoms with Crippen molar-refractivity contribution in [2.75, 3.05) is 0 Å². The van der Waals surface area contributed by atoms with Crippen LogP contribution in [-0.2, 0) is 0 Å². The van der Waals surface area contributed by atoms with Gasteiger partial charge in [-0.2, -0.15) is 0 Å². The van der Waals surface area contributed by atoms with Gasteiger partial charge < -0.3 is 4.42 Å². The van der Waals surface area contributed by atoms with Gasteiger partial charge in [-0.1, -0.05) is 206 Å². The average Bonchev–Trinajstić information content (AvgIpc) is 3.78. The Hall–Kier alpha value is -8.99. The molecule has 10 aromatic carbocycles. The Kier molecular flexibility index (Phi) is 9.14. The quantitative estimate of drug-likeness (QED) is 0.150. The molecule has 0 aliphatic carbocycles. The van der Waals surface area contributed by atoms with Crippen molar-refractivity contribution in [3.05, 3.63) is 237 Å². The van der Waals surface area contributed by atoms with Gasteiger partial charge in [-0.25, -0.2) is 15.0 Å². The fraction of sp³-hybridized carbons (Fsp3) is 0. The van der Waals surface area contributed by atoms with Crippen LogP contribution in [0.25, 0.3) is 133 Å². The number of para-hydroxylation sites is 2. The third-order valence-corrected chi connectivity index (χ3v) is 13.1. The normalized spacial score (nSPS) is 11.6. The first-order valence-corrected chi connectivity index (χ1v) is 22.7. The topological polar surface area (TPSA) is 51.8 Å². The summed E-state index contributed by atoms with van der Waals surface area (Å²) < 4.78 is 6.63. The molecule has 0 radical (unpaired) electrons. The van der Waals surface area contributed by atoms with Gasteiger partial charge >= 0.3 is 0 Å². The second kappa shape index (κ2) is 15.9. The molecule has 0 fully saturated rings. The van der Waals surface area contributed by atoms with E-state index in [4.69, 9.17) is 19.4 Å². The van der Waals surface area contributed by atoms with Crippen molar-refractivity contribution in [1.29, 1.82) is 0 Å². The van der Waals surface area contributed by atoms with Crippen LogP contribution >= 0.6 is 0 Å². The highest BCUT2D eigenvalue weighted by atomic mass is 16.3. The lowest BCUT2D eigenvalue weighted by Crippen LogP contribution is -1.97.